The van der Waals surface area contributed by atoms with Crippen LogP contribution in [0.4, 0.5) is 4.39 Å². The zero-order chi connectivity index (χ0) is 14.3. The van der Waals surface area contributed by atoms with Gasteiger partial charge in [-0.3, -0.25) is 4.79 Å². The maximum Gasteiger partial charge on any atom is 0.309 e. The number of carbonyl (C=O) groups is 1. The van der Waals surface area contributed by atoms with E-state index in [1.54, 1.807) is 26.0 Å². The van der Waals surface area contributed by atoms with E-state index in [0.29, 0.717) is 19.5 Å². The van der Waals surface area contributed by atoms with Gasteiger partial charge >= 0.3 is 5.97 Å². The summed E-state index contributed by atoms with van der Waals surface area (Å²) in [5.41, 5.74) is 0.238. The molecule has 3 nitrogen and oxygen atoms in total. The number of halogens is 1. The molecular weight excluding hydrogens is 245 g/mol. The lowest BCUT2D eigenvalue weighted by molar-refractivity contribution is -0.147. The van der Waals surface area contributed by atoms with Crippen LogP contribution in [0.15, 0.2) is 30.3 Å². The molecule has 0 heterocycles. The van der Waals surface area contributed by atoms with Crippen molar-refractivity contribution in [2.24, 2.45) is 5.41 Å². The summed E-state index contributed by atoms with van der Waals surface area (Å²) in [6.07, 6.45) is 4.41. The Kier molecular flexibility index (Phi) is 5.70. The van der Waals surface area contributed by atoms with Crippen molar-refractivity contribution in [2.75, 3.05) is 13.1 Å². The monoisotopic (exact) mass is 265 g/mol. The fourth-order valence-electron chi connectivity index (χ4n) is 1.46. The zero-order valence-electron chi connectivity index (χ0n) is 11.3. The van der Waals surface area contributed by atoms with Gasteiger partial charge in [0.15, 0.2) is 0 Å². The second-order valence-electron chi connectivity index (χ2n) is 5.10. The van der Waals surface area contributed by atoms with Crippen LogP contribution in [-0.2, 0) is 4.79 Å². The minimum Gasteiger partial charge on any atom is -0.481 e. The van der Waals surface area contributed by atoms with Gasteiger partial charge in [-0.15, -0.1) is 0 Å². The summed E-state index contributed by atoms with van der Waals surface area (Å²) in [7, 11) is 0. The number of rotatable bonds is 7. The first-order valence-corrected chi connectivity index (χ1v) is 6.28. The standard InChI is InChI=1S/C15H20FNO2/c1-15(2,14(18)19)9-11-17-10-3-4-12-5-7-13(16)8-6-12/h3-8,17H,9-11H2,1-2H3,(H,18,19)/b4-3+. The van der Waals surface area contributed by atoms with Crippen LogP contribution >= 0.6 is 0 Å². The van der Waals surface area contributed by atoms with Crippen molar-refractivity contribution in [1.29, 1.82) is 0 Å². The first-order valence-electron chi connectivity index (χ1n) is 6.28. The molecule has 0 amide bonds. The molecule has 0 unspecified atom stereocenters. The van der Waals surface area contributed by atoms with Crippen molar-refractivity contribution in [3.8, 4) is 0 Å². The highest BCUT2D eigenvalue weighted by Crippen LogP contribution is 2.19. The van der Waals surface area contributed by atoms with Crippen LogP contribution in [0.1, 0.15) is 25.8 Å². The van der Waals surface area contributed by atoms with Gasteiger partial charge in [-0.2, -0.15) is 0 Å². The number of carboxylic acids is 1. The molecule has 19 heavy (non-hydrogen) atoms. The average molecular weight is 265 g/mol. The van der Waals surface area contributed by atoms with Crippen molar-refractivity contribution < 1.29 is 14.3 Å². The van der Waals surface area contributed by atoms with Crippen molar-refractivity contribution in [2.45, 2.75) is 20.3 Å². The Morgan fingerprint density at radius 3 is 2.58 bits per heavy atom. The summed E-state index contributed by atoms with van der Waals surface area (Å²) in [4.78, 5) is 10.9. The fourth-order valence-corrected chi connectivity index (χ4v) is 1.46. The largest absolute Gasteiger partial charge is 0.481 e. The minimum atomic E-state index is -0.781. The maximum atomic E-state index is 12.7. The van der Waals surface area contributed by atoms with Crippen molar-refractivity contribution in [3.05, 3.63) is 41.7 Å². The average Bonchev–Trinajstić information content (AvgIpc) is 2.35. The van der Waals surface area contributed by atoms with Gasteiger partial charge in [0.05, 0.1) is 5.41 Å². The lowest BCUT2D eigenvalue weighted by atomic mass is 9.90. The van der Waals surface area contributed by atoms with Crippen LogP contribution in [0, 0.1) is 11.2 Å². The first-order chi connectivity index (χ1) is 8.92. The molecule has 2 N–H and O–H groups in total. The Hall–Kier alpha value is -1.68. The van der Waals surface area contributed by atoms with Crippen molar-refractivity contribution >= 4 is 12.0 Å². The molecule has 0 atom stereocenters. The smallest absolute Gasteiger partial charge is 0.309 e. The molecule has 1 rings (SSSR count). The maximum absolute atomic E-state index is 12.7. The molecular formula is C15H20FNO2. The summed E-state index contributed by atoms with van der Waals surface area (Å²) in [5, 5.41) is 12.1. The number of aliphatic carboxylic acids is 1. The topological polar surface area (TPSA) is 49.3 Å². The van der Waals surface area contributed by atoms with Crippen LogP contribution in [-0.4, -0.2) is 24.2 Å². The third-order valence-electron chi connectivity index (χ3n) is 2.95. The van der Waals surface area contributed by atoms with Gasteiger partial charge in [0.25, 0.3) is 0 Å². The molecule has 0 aromatic heterocycles. The highest BCUT2D eigenvalue weighted by Gasteiger charge is 2.25. The van der Waals surface area contributed by atoms with E-state index < -0.39 is 11.4 Å². The van der Waals surface area contributed by atoms with E-state index in [9.17, 15) is 9.18 Å². The van der Waals surface area contributed by atoms with E-state index in [2.05, 4.69) is 5.32 Å². The second kappa shape index (κ2) is 7.04. The highest BCUT2D eigenvalue weighted by atomic mass is 19.1. The van der Waals surface area contributed by atoms with Gasteiger partial charge in [-0.25, -0.2) is 4.39 Å². The highest BCUT2D eigenvalue weighted by molar-refractivity contribution is 5.73. The molecule has 1 aromatic rings. The lowest BCUT2D eigenvalue weighted by Gasteiger charge is -2.18. The predicted molar refractivity (Wildman–Crippen MR) is 74.3 cm³/mol. The Bertz CT molecular complexity index is 438. The van der Waals surface area contributed by atoms with Gasteiger partial charge in [0.1, 0.15) is 5.82 Å². The summed E-state index contributed by atoms with van der Waals surface area (Å²) in [6, 6.07) is 6.25. The number of benzene rings is 1. The molecule has 104 valence electrons. The van der Waals surface area contributed by atoms with E-state index in [1.807, 2.05) is 12.2 Å². The molecule has 1 aromatic carbocycles. The van der Waals surface area contributed by atoms with Crippen molar-refractivity contribution in [3.63, 3.8) is 0 Å². The second-order valence-corrected chi connectivity index (χ2v) is 5.10. The van der Waals surface area contributed by atoms with E-state index in [-0.39, 0.29) is 5.82 Å². The van der Waals surface area contributed by atoms with Gasteiger partial charge in [-0.05, 0) is 44.5 Å². The van der Waals surface area contributed by atoms with E-state index in [0.717, 1.165) is 5.56 Å². The third-order valence-corrected chi connectivity index (χ3v) is 2.95. The number of hydrogen-bond acceptors (Lipinski definition) is 2. The number of hydrogen-bond donors (Lipinski definition) is 2. The van der Waals surface area contributed by atoms with Crippen LogP contribution in [0.5, 0.6) is 0 Å². The Balaban J connectivity index is 2.24. The molecule has 0 saturated carbocycles. The molecule has 0 fully saturated rings. The SMILES string of the molecule is CC(C)(CCNC/C=C/c1ccc(F)cc1)C(=O)O. The summed E-state index contributed by atoms with van der Waals surface area (Å²) in [6.45, 7) is 4.73. The van der Waals surface area contributed by atoms with Gasteiger partial charge in [-0.1, -0.05) is 24.3 Å². The molecule has 4 heteroatoms. The van der Waals surface area contributed by atoms with Crippen molar-refractivity contribution in [1.82, 2.24) is 5.32 Å². The van der Waals surface area contributed by atoms with Gasteiger partial charge < -0.3 is 10.4 Å². The normalized spacial score (nSPS) is 11.9. The van der Waals surface area contributed by atoms with Gasteiger partial charge in [0, 0.05) is 6.54 Å². The molecule has 0 bridgehead atoms. The van der Waals surface area contributed by atoms with E-state index in [1.165, 1.54) is 12.1 Å². The van der Waals surface area contributed by atoms with Crippen LogP contribution in [0.3, 0.4) is 0 Å². The molecule has 0 aliphatic rings. The summed E-state index contributed by atoms with van der Waals surface area (Å²) < 4.78 is 12.7. The first kappa shape index (κ1) is 15.4. The van der Waals surface area contributed by atoms with Crippen LogP contribution < -0.4 is 5.32 Å². The Morgan fingerprint density at radius 2 is 2.00 bits per heavy atom. The van der Waals surface area contributed by atoms with Crippen LogP contribution in [0.25, 0.3) is 6.08 Å². The van der Waals surface area contributed by atoms with E-state index in [4.69, 9.17) is 5.11 Å². The quantitative estimate of drug-likeness (QED) is 0.745. The Labute approximate surface area is 113 Å². The van der Waals surface area contributed by atoms with E-state index >= 15 is 0 Å². The van der Waals surface area contributed by atoms with Crippen LogP contribution in [0.2, 0.25) is 0 Å². The molecule has 0 spiro atoms. The third kappa shape index (κ3) is 5.66. The molecule has 0 aliphatic carbocycles. The van der Waals surface area contributed by atoms with Gasteiger partial charge in [0.2, 0.25) is 0 Å². The molecule has 0 saturated heterocycles. The predicted octanol–water partition coefficient (Wildman–Crippen LogP) is 2.93. The Morgan fingerprint density at radius 1 is 1.37 bits per heavy atom. The molecule has 0 aliphatic heterocycles. The lowest BCUT2D eigenvalue weighted by Crippen LogP contribution is -2.29. The number of nitrogens with one attached hydrogen (secondary N) is 1. The fraction of sp³-hybridized carbons (Fsp3) is 0.400. The molecule has 0 radical (unpaired) electrons. The summed E-state index contributed by atoms with van der Waals surface area (Å²) >= 11 is 0. The summed E-state index contributed by atoms with van der Waals surface area (Å²) in [5.74, 6) is -1.03. The zero-order valence-corrected chi connectivity index (χ0v) is 11.3. The number of carboxylic acid groups (broad SMARTS) is 1. The minimum absolute atomic E-state index is 0.244.